The number of rotatable bonds is 7. The Hall–Kier alpha value is -1.62. The van der Waals surface area contributed by atoms with Gasteiger partial charge in [-0.25, -0.2) is 4.39 Å². The van der Waals surface area contributed by atoms with Gasteiger partial charge in [0, 0.05) is 12.6 Å². The lowest BCUT2D eigenvalue weighted by Gasteiger charge is -2.30. The highest BCUT2D eigenvalue weighted by molar-refractivity contribution is 5.75. The molecule has 112 valence electrons. The lowest BCUT2D eigenvalue weighted by Crippen LogP contribution is -2.42. The van der Waals surface area contributed by atoms with E-state index in [1.54, 1.807) is 12.1 Å². The number of aliphatic carboxylic acids is 1. The second-order valence-electron chi connectivity index (χ2n) is 5.52. The van der Waals surface area contributed by atoms with Gasteiger partial charge < -0.3 is 15.6 Å². The van der Waals surface area contributed by atoms with Crippen molar-refractivity contribution in [1.82, 2.24) is 0 Å². The number of carboxylic acid groups (broad SMARTS) is 1. The Bertz CT molecular complexity index is 476. The van der Waals surface area contributed by atoms with Gasteiger partial charge in [-0.15, -0.1) is 0 Å². The van der Waals surface area contributed by atoms with Crippen LogP contribution in [0.15, 0.2) is 18.2 Å². The van der Waals surface area contributed by atoms with Crippen LogP contribution in [0.1, 0.15) is 25.8 Å². The molecular formula is C15H22FNO3. The Labute approximate surface area is 118 Å². The third-order valence-corrected chi connectivity index (χ3v) is 3.43. The number of methoxy groups -OCH3 is 1. The summed E-state index contributed by atoms with van der Waals surface area (Å²) in [4.78, 5) is 11.6. The van der Waals surface area contributed by atoms with Crippen molar-refractivity contribution >= 4 is 5.97 Å². The molecule has 0 spiro atoms. The first kappa shape index (κ1) is 16.4. The van der Waals surface area contributed by atoms with Crippen LogP contribution in [0.5, 0.6) is 5.75 Å². The lowest BCUT2D eigenvalue weighted by molar-refractivity contribution is -0.149. The Balaban J connectivity index is 3.09. The molecule has 0 saturated heterocycles. The Morgan fingerprint density at radius 3 is 2.55 bits per heavy atom. The van der Waals surface area contributed by atoms with E-state index in [0.717, 1.165) is 0 Å². The van der Waals surface area contributed by atoms with Crippen molar-refractivity contribution in [3.05, 3.63) is 29.6 Å². The number of hydrogen-bond donors (Lipinski definition) is 2. The third-order valence-electron chi connectivity index (χ3n) is 3.43. The quantitative estimate of drug-likeness (QED) is 0.806. The summed E-state index contributed by atoms with van der Waals surface area (Å²) in [6, 6.07) is 4.44. The summed E-state index contributed by atoms with van der Waals surface area (Å²) in [5.74, 6) is -0.879. The van der Waals surface area contributed by atoms with Crippen molar-refractivity contribution in [1.29, 1.82) is 0 Å². The third kappa shape index (κ3) is 3.70. The second-order valence-corrected chi connectivity index (χ2v) is 5.52. The van der Waals surface area contributed by atoms with Crippen LogP contribution in [0.25, 0.3) is 0 Å². The van der Waals surface area contributed by atoms with Gasteiger partial charge in [-0.05, 0) is 30.4 Å². The van der Waals surface area contributed by atoms with E-state index in [0.29, 0.717) is 17.7 Å². The summed E-state index contributed by atoms with van der Waals surface area (Å²) in [5, 5.41) is 9.50. The SMILES string of the molecule is COc1ccc(CC(CN)(CC(C)C)C(=O)O)c(F)c1. The van der Waals surface area contributed by atoms with E-state index >= 15 is 0 Å². The maximum atomic E-state index is 14.0. The number of carboxylic acids is 1. The molecule has 0 amide bonds. The number of nitrogens with two attached hydrogens (primary N) is 1. The van der Waals surface area contributed by atoms with Crippen LogP contribution < -0.4 is 10.5 Å². The van der Waals surface area contributed by atoms with E-state index in [4.69, 9.17) is 10.5 Å². The summed E-state index contributed by atoms with van der Waals surface area (Å²) in [6.07, 6.45) is 0.483. The first-order chi connectivity index (χ1) is 9.34. The van der Waals surface area contributed by atoms with Gasteiger partial charge in [-0.1, -0.05) is 19.9 Å². The molecular weight excluding hydrogens is 261 g/mol. The second kappa shape index (κ2) is 6.70. The van der Waals surface area contributed by atoms with Crippen LogP contribution in [0.4, 0.5) is 4.39 Å². The van der Waals surface area contributed by atoms with Crippen LogP contribution in [0.3, 0.4) is 0 Å². The average molecular weight is 283 g/mol. The molecule has 0 aliphatic rings. The van der Waals surface area contributed by atoms with Crippen LogP contribution in [-0.4, -0.2) is 24.7 Å². The van der Waals surface area contributed by atoms with Gasteiger partial charge in [-0.3, -0.25) is 4.79 Å². The number of benzene rings is 1. The molecule has 4 nitrogen and oxygen atoms in total. The molecule has 1 aromatic carbocycles. The molecule has 1 unspecified atom stereocenters. The zero-order chi connectivity index (χ0) is 15.3. The molecule has 0 aromatic heterocycles. The normalized spacial score (nSPS) is 14.1. The van der Waals surface area contributed by atoms with E-state index in [9.17, 15) is 14.3 Å². The monoisotopic (exact) mass is 283 g/mol. The van der Waals surface area contributed by atoms with E-state index in [1.807, 2.05) is 13.8 Å². The van der Waals surface area contributed by atoms with Crippen LogP contribution in [0.2, 0.25) is 0 Å². The summed E-state index contributed by atoms with van der Waals surface area (Å²) in [7, 11) is 1.45. The van der Waals surface area contributed by atoms with Crippen molar-refractivity contribution in [2.24, 2.45) is 17.1 Å². The highest BCUT2D eigenvalue weighted by Crippen LogP contribution is 2.32. The van der Waals surface area contributed by atoms with Crippen molar-refractivity contribution in [3.8, 4) is 5.75 Å². The largest absolute Gasteiger partial charge is 0.497 e. The molecule has 0 bridgehead atoms. The standard InChI is InChI=1S/C15H22FNO3/c1-10(2)7-15(9-17,14(18)19)8-11-4-5-12(20-3)6-13(11)16/h4-6,10H,7-9,17H2,1-3H3,(H,18,19). The van der Waals surface area contributed by atoms with Gasteiger partial charge in [0.25, 0.3) is 0 Å². The fourth-order valence-corrected chi connectivity index (χ4v) is 2.42. The summed E-state index contributed by atoms with van der Waals surface area (Å²) in [6.45, 7) is 3.83. The molecule has 20 heavy (non-hydrogen) atoms. The van der Waals surface area contributed by atoms with Gasteiger partial charge in [0.2, 0.25) is 0 Å². The Kier molecular flexibility index (Phi) is 5.51. The molecule has 1 aromatic rings. The predicted octanol–water partition coefficient (Wildman–Crippen LogP) is 2.45. The molecule has 0 fully saturated rings. The zero-order valence-corrected chi connectivity index (χ0v) is 12.1. The molecule has 1 atom stereocenters. The van der Waals surface area contributed by atoms with E-state index in [2.05, 4.69) is 0 Å². The van der Waals surface area contributed by atoms with Crippen molar-refractivity contribution in [2.75, 3.05) is 13.7 Å². The Morgan fingerprint density at radius 1 is 1.50 bits per heavy atom. The van der Waals surface area contributed by atoms with Crippen LogP contribution >= 0.6 is 0 Å². The number of halogens is 1. The Morgan fingerprint density at radius 2 is 2.15 bits per heavy atom. The average Bonchev–Trinajstić information content (AvgIpc) is 2.39. The molecule has 5 heteroatoms. The van der Waals surface area contributed by atoms with Gasteiger partial charge >= 0.3 is 5.97 Å². The topological polar surface area (TPSA) is 72.5 Å². The fraction of sp³-hybridized carbons (Fsp3) is 0.533. The van der Waals surface area contributed by atoms with Gasteiger partial charge in [-0.2, -0.15) is 0 Å². The van der Waals surface area contributed by atoms with Crippen LogP contribution in [0, 0.1) is 17.2 Å². The maximum Gasteiger partial charge on any atom is 0.311 e. The van der Waals surface area contributed by atoms with Crippen molar-refractivity contribution in [2.45, 2.75) is 26.7 Å². The predicted molar refractivity (Wildman–Crippen MR) is 75.2 cm³/mol. The zero-order valence-electron chi connectivity index (χ0n) is 12.1. The smallest absolute Gasteiger partial charge is 0.311 e. The minimum atomic E-state index is -1.14. The molecule has 3 N–H and O–H groups in total. The van der Waals surface area contributed by atoms with Crippen molar-refractivity contribution in [3.63, 3.8) is 0 Å². The fourth-order valence-electron chi connectivity index (χ4n) is 2.42. The van der Waals surface area contributed by atoms with Gasteiger partial charge in [0.05, 0.1) is 12.5 Å². The van der Waals surface area contributed by atoms with E-state index in [1.165, 1.54) is 13.2 Å². The lowest BCUT2D eigenvalue weighted by atomic mass is 9.75. The number of ether oxygens (including phenoxy) is 1. The molecule has 0 saturated carbocycles. The summed E-state index contributed by atoms with van der Waals surface area (Å²) < 4.78 is 18.9. The number of carbonyl (C=O) groups is 1. The minimum absolute atomic E-state index is 0.0218. The van der Waals surface area contributed by atoms with Crippen LogP contribution in [-0.2, 0) is 11.2 Å². The van der Waals surface area contributed by atoms with Gasteiger partial charge in [0.1, 0.15) is 11.6 Å². The molecule has 0 radical (unpaired) electrons. The summed E-state index contributed by atoms with van der Waals surface area (Å²) in [5.41, 5.74) is 4.89. The van der Waals surface area contributed by atoms with Crippen molar-refractivity contribution < 1.29 is 19.0 Å². The maximum absolute atomic E-state index is 14.0. The molecule has 0 heterocycles. The number of hydrogen-bond acceptors (Lipinski definition) is 3. The summed E-state index contributed by atoms with van der Waals surface area (Å²) >= 11 is 0. The van der Waals surface area contributed by atoms with Gasteiger partial charge in [0.15, 0.2) is 0 Å². The minimum Gasteiger partial charge on any atom is -0.497 e. The molecule has 0 aliphatic heterocycles. The highest BCUT2D eigenvalue weighted by Gasteiger charge is 2.38. The highest BCUT2D eigenvalue weighted by atomic mass is 19.1. The first-order valence-electron chi connectivity index (χ1n) is 6.60. The van der Waals surface area contributed by atoms with E-state index in [-0.39, 0.29) is 18.9 Å². The van der Waals surface area contributed by atoms with E-state index < -0.39 is 17.2 Å². The first-order valence-corrected chi connectivity index (χ1v) is 6.60. The molecule has 0 aliphatic carbocycles. The molecule has 1 rings (SSSR count).